The summed E-state index contributed by atoms with van der Waals surface area (Å²) in [4.78, 5) is 23.5. The topological polar surface area (TPSA) is 149 Å². The fraction of sp³-hybridized carbons (Fsp3) is 0.783. The maximum absolute atomic E-state index is 12.0. The van der Waals surface area contributed by atoms with Crippen molar-refractivity contribution < 1.29 is 57.7 Å². The van der Waals surface area contributed by atoms with Gasteiger partial charge in [-0.3, -0.25) is 9.59 Å². The van der Waals surface area contributed by atoms with Gasteiger partial charge in [-0.2, -0.15) is 0 Å². The number of rotatable bonds is 15. The average Bonchev–Trinajstić information content (AvgIpc) is 3.56. The van der Waals surface area contributed by atoms with Crippen LogP contribution in [0.15, 0.2) is 47.1 Å². The average molecular weight is 821 g/mol. The lowest BCUT2D eigenvalue weighted by atomic mass is 9.78. The maximum Gasteiger partial charge on any atom is 0.303 e. The number of methoxy groups -OCH3 is 2. The highest BCUT2D eigenvalue weighted by atomic mass is 16.7. The first-order valence-corrected chi connectivity index (χ1v) is 21.6. The van der Waals surface area contributed by atoms with Gasteiger partial charge in [0.1, 0.15) is 17.8 Å². The van der Waals surface area contributed by atoms with Gasteiger partial charge in [0, 0.05) is 59.2 Å². The fourth-order valence-corrected chi connectivity index (χ4v) is 9.37. The van der Waals surface area contributed by atoms with E-state index in [1.807, 2.05) is 20.8 Å². The van der Waals surface area contributed by atoms with Crippen molar-refractivity contribution >= 4 is 12.4 Å². The van der Waals surface area contributed by atoms with Crippen molar-refractivity contribution in [2.24, 2.45) is 17.8 Å². The van der Waals surface area contributed by atoms with Crippen molar-refractivity contribution in [1.29, 1.82) is 0 Å². The number of hydrogen-bond acceptors (Lipinski definition) is 11. The minimum atomic E-state index is -0.771. The van der Waals surface area contributed by atoms with Crippen molar-refractivity contribution in [3.05, 3.63) is 47.1 Å². The van der Waals surface area contributed by atoms with Crippen LogP contribution >= 0.6 is 0 Å². The number of esters is 1. The van der Waals surface area contributed by atoms with Crippen LogP contribution in [0.1, 0.15) is 127 Å². The summed E-state index contributed by atoms with van der Waals surface area (Å²) in [5.41, 5.74) is 2.29. The molecule has 12 heteroatoms. The normalized spacial score (nSPS) is 37.4. The molecule has 1 aliphatic carbocycles. The fourth-order valence-electron chi connectivity index (χ4n) is 9.37. The first-order valence-electron chi connectivity index (χ1n) is 21.6. The SMILES string of the molecule is CC.CC[C@H](C)C1O[C@]2(CC[C@@H]1C)C[C@@H](OC=O)C[C@@H](C/C=C(\C)[C@@H](O[C@H]1C[C@H](OC)C[C@H](C)O1)[C@@H](C)/C=C/C=C1\CO[C@@H]3[C@H](OC(C)=O)C(C)=CCC13OC)O2.O. The lowest BCUT2D eigenvalue weighted by Gasteiger charge is -2.50. The third-order valence-corrected chi connectivity index (χ3v) is 12.7. The Morgan fingerprint density at radius 3 is 2.47 bits per heavy atom. The van der Waals surface area contributed by atoms with Gasteiger partial charge in [-0.1, -0.05) is 78.3 Å². The van der Waals surface area contributed by atoms with E-state index in [0.717, 1.165) is 42.4 Å². The van der Waals surface area contributed by atoms with Crippen molar-refractivity contribution in [2.45, 2.75) is 194 Å². The number of fused-ring (bicyclic) bond motifs is 1. The van der Waals surface area contributed by atoms with E-state index in [9.17, 15) is 9.59 Å². The van der Waals surface area contributed by atoms with Gasteiger partial charge in [-0.05, 0) is 68.6 Å². The molecule has 0 saturated carbocycles. The molecular weight excluding hydrogens is 744 g/mol. The van der Waals surface area contributed by atoms with E-state index in [1.54, 1.807) is 14.2 Å². The molecule has 0 bridgehead atoms. The van der Waals surface area contributed by atoms with Gasteiger partial charge in [0.25, 0.3) is 6.47 Å². The monoisotopic (exact) mass is 821 g/mol. The third-order valence-electron chi connectivity index (χ3n) is 12.7. The minimum Gasteiger partial charge on any atom is -0.464 e. The van der Waals surface area contributed by atoms with Crippen LogP contribution < -0.4 is 0 Å². The van der Waals surface area contributed by atoms with E-state index in [-0.39, 0.29) is 54.0 Å². The molecule has 4 saturated heterocycles. The Bertz CT molecular complexity index is 1420. The first-order chi connectivity index (χ1) is 27.3. The van der Waals surface area contributed by atoms with Crippen LogP contribution in [0.5, 0.6) is 0 Å². The second kappa shape index (κ2) is 23.0. The van der Waals surface area contributed by atoms with Crippen LogP contribution in [0.4, 0.5) is 0 Å². The highest BCUT2D eigenvalue weighted by molar-refractivity contribution is 5.66. The number of carbonyl (C=O) groups is 2. The van der Waals surface area contributed by atoms with E-state index in [2.05, 4.69) is 71.9 Å². The summed E-state index contributed by atoms with van der Waals surface area (Å²) in [5.74, 6) is -0.325. The second-order valence-corrected chi connectivity index (χ2v) is 16.8. The smallest absolute Gasteiger partial charge is 0.303 e. The van der Waals surface area contributed by atoms with Crippen molar-refractivity contribution in [3.8, 4) is 0 Å². The molecule has 5 rings (SSSR count). The van der Waals surface area contributed by atoms with Crippen LogP contribution in [0, 0.1) is 17.8 Å². The Morgan fingerprint density at radius 2 is 1.81 bits per heavy atom. The third kappa shape index (κ3) is 12.1. The van der Waals surface area contributed by atoms with E-state index in [1.165, 1.54) is 6.92 Å². The molecular formula is C46H76O12. The van der Waals surface area contributed by atoms with Crippen molar-refractivity contribution in [1.82, 2.24) is 0 Å². The van der Waals surface area contributed by atoms with E-state index in [4.69, 9.17) is 42.6 Å². The maximum atomic E-state index is 12.0. The van der Waals surface area contributed by atoms with Crippen LogP contribution in [0.25, 0.3) is 0 Å². The summed E-state index contributed by atoms with van der Waals surface area (Å²) in [5, 5.41) is 0. The van der Waals surface area contributed by atoms with Crippen molar-refractivity contribution in [3.63, 3.8) is 0 Å². The molecule has 58 heavy (non-hydrogen) atoms. The number of allylic oxidation sites excluding steroid dienone is 2. The van der Waals surface area contributed by atoms with Gasteiger partial charge in [-0.25, -0.2) is 0 Å². The number of hydrogen-bond donors (Lipinski definition) is 0. The summed E-state index contributed by atoms with van der Waals surface area (Å²) < 4.78 is 56.2. The van der Waals surface area contributed by atoms with E-state index >= 15 is 0 Å². The molecule has 0 aromatic rings. The summed E-state index contributed by atoms with van der Waals surface area (Å²) in [6, 6.07) is 0. The molecule has 12 nitrogen and oxygen atoms in total. The zero-order valence-corrected chi connectivity index (χ0v) is 37.5. The zero-order valence-electron chi connectivity index (χ0n) is 37.5. The Morgan fingerprint density at radius 1 is 1.07 bits per heavy atom. The van der Waals surface area contributed by atoms with Gasteiger partial charge in [0.2, 0.25) is 0 Å². The highest BCUT2D eigenvalue weighted by Crippen LogP contribution is 2.46. The molecule has 0 amide bonds. The van der Waals surface area contributed by atoms with E-state index in [0.29, 0.717) is 57.0 Å². The molecule has 1 spiro atoms. The Balaban J connectivity index is 0.00000295. The Hall–Kier alpha value is -2.42. The lowest BCUT2D eigenvalue weighted by molar-refractivity contribution is -0.340. The van der Waals surface area contributed by atoms with Crippen LogP contribution in [-0.2, 0) is 52.2 Å². The van der Waals surface area contributed by atoms with Gasteiger partial charge in [0.05, 0.1) is 37.1 Å². The van der Waals surface area contributed by atoms with E-state index < -0.39 is 29.9 Å². The molecule has 0 aromatic heterocycles. The minimum absolute atomic E-state index is 0. The van der Waals surface area contributed by atoms with Gasteiger partial charge < -0.3 is 48.1 Å². The number of carbonyl (C=O) groups excluding carboxylic acids is 2. The molecule has 2 unspecified atom stereocenters. The molecule has 4 aliphatic heterocycles. The summed E-state index contributed by atoms with van der Waals surface area (Å²) in [7, 11) is 3.43. The molecule has 2 N–H and O–H groups in total. The molecule has 14 atom stereocenters. The summed E-state index contributed by atoms with van der Waals surface area (Å²) in [6.07, 6.45) is 15.2. The van der Waals surface area contributed by atoms with Gasteiger partial charge in [-0.15, -0.1) is 0 Å². The molecule has 4 fully saturated rings. The first kappa shape index (κ1) is 49.9. The summed E-state index contributed by atoms with van der Waals surface area (Å²) in [6.45, 7) is 21.3. The second-order valence-electron chi connectivity index (χ2n) is 16.8. The molecule has 332 valence electrons. The van der Waals surface area contributed by atoms with Crippen LogP contribution in [0.2, 0.25) is 0 Å². The molecule has 0 aromatic carbocycles. The Labute approximate surface area is 348 Å². The number of ether oxygens (including phenoxy) is 9. The molecule has 4 heterocycles. The Kier molecular flexibility index (Phi) is 19.8. The van der Waals surface area contributed by atoms with Crippen molar-refractivity contribution in [2.75, 3.05) is 20.8 Å². The van der Waals surface area contributed by atoms with Crippen LogP contribution in [-0.4, -0.2) is 105 Å². The lowest BCUT2D eigenvalue weighted by Crippen LogP contribution is -2.55. The zero-order chi connectivity index (χ0) is 41.9. The van der Waals surface area contributed by atoms with Gasteiger partial charge in [0.15, 0.2) is 18.2 Å². The predicted octanol–water partition coefficient (Wildman–Crippen LogP) is 7.91. The highest BCUT2D eigenvalue weighted by Gasteiger charge is 2.55. The van der Waals surface area contributed by atoms with Crippen LogP contribution in [0.3, 0.4) is 0 Å². The van der Waals surface area contributed by atoms with Gasteiger partial charge >= 0.3 is 5.97 Å². The predicted molar refractivity (Wildman–Crippen MR) is 223 cm³/mol. The largest absolute Gasteiger partial charge is 0.464 e. The quantitative estimate of drug-likeness (QED) is 0.0902. The summed E-state index contributed by atoms with van der Waals surface area (Å²) >= 11 is 0. The molecule has 0 radical (unpaired) electrons. The standard InChI is InChI=1S/C44H68O11.C2H6.H2O/c1-11-27(2)40-30(5)17-19-43(55-40)24-37(50-26-45)22-35(54-43)16-15-29(4)39(53-38-23-36(47-9)21-32(7)51-38)28(3)13-12-14-34-25-49-42-41(52-33(8)46)31(6)18-20-44(34,42)48-10;1-2;/h12-15,18,26-28,30,32,35-42H,11,16-17,19-25H2,1-10H3;1-2H3;1H2/b13-12+,29-15+,34-14+;;/t27-,28-,30-,32-,35+,36+,37-,38-,39-,40?,41+,42+,43+,44?;;/m0../s1. The molecule has 5 aliphatic rings.